The number of carboxylic acids is 1. The fraction of sp³-hybridized carbons (Fsp3) is 0.278. The van der Waals surface area contributed by atoms with Gasteiger partial charge in [-0.2, -0.15) is 0 Å². The second kappa shape index (κ2) is 8.68. The van der Waals surface area contributed by atoms with Crippen LogP contribution in [-0.2, 0) is 11.4 Å². The normalized spacial score (nSPS) is 11.6. The smallest absolute Gasteiger partial charge is 0.304 e. The quantitative estimate of drug-likeness (QED) is 0.554. The number of methoxy groups -OCH3 is 1. The molecule has 0 fully saturated rings. The van der Waals surface area contributed by atoms with Gasteiger partial charge in [-0.15, -0.1) is 0 Å². The van der Waals surface area contributed by atoms with Gasteiger partial charge in [0.05, 0.1) is 19.4 Å². The third-order valence-electron chi connectivity index (χ3n) is 3.69. The van der Waals surface area contributed by atoms with Gasteiger partial charge in [0.2, 0.25) is 6.54 Å². The minimum atomic E-state index is -1.09. The van der Waals surface area contributed by atoms with Crippen molar-refractivity contribution in [2.75, 3.05) is 13.7 Å². The molecular formula is C18H19NO6. The average Bonchev–Trinajstić information content (AvgIpc) is 2.59. The van der Waals surface area contributed by atoms with E-state index in [4.69, 9.17) is 14.6 Å². The Bertz CT molecular complexity index is 716. The number of benzene rings is 2. The molecule has 1 N–H and O–H groups in total. The van der Waals surface area contributed by atoms with E-state index in [2.05, 4.69) is 0 Å². The highest BCUT2D eigenvalue weighted by Gasteiger charge is 2.22. The molecule has 0 saturated heterocycles. The summed E-state index contributed by atoms with van der Waals surface area (Å²) in [5, 5.41) is 19.8. The molecule has 25 heavy (non-hydrogen) atoms. The zero-order valence-electron chi connectivity index (χ0n) is 13.8. The predicted molar refractivity (Wildman–Crippen MR) is 90.6 cm³/mol. The van der Waals surface area contributed by atoms with Crippen molar-refractivity contribution in [1.82, 2.24) is 0 Å². The summed E-state index contributed by atoms with van der Waals surface area (Å²) in [6.07, 6.45) is -0.328. The summed E-state index contributed by atoms with van der Waals surface area (Å²) < 4.78 is 11.0. The van der Waals surface area contributed by atoms with Gasteiger partial charge in [0.25, 0.3) is 0 Å². The van der Waals surface area contributed by atoms with Crippen molar-refractivity contribution >= 4 is 5.97 Å². The molecule has 2 rings (SSSR count). The number of carbonyl (C=O) groups is 1. The summed E-state index contributed by atoms with van der Waals surface area (Å²) in [5.74, 6) is -0.927. The second-order valence-corrected chi connectivity index (χ2v) is 5.49. The first-order chi connectivity index (χ1) is 12.0. The maximum Gasteiger partial charge on any atom is 0.304 e. The van der Waals surface area contributed by atoms with E-state index >= 15 is 0 Å². The largest absolute Gasteiger partial charge is 0.493 e. The Morgan fingerprint density at radius 1 is 1.20 bits per heavy atom. The van der Waals surface area contributed by atoms with E-state index in [1.807, 2.05) is 30.3 Å². The lowest BCUT2D eigenvalue weighted by Crippen LogP contribution is -2.16. The number of carboxylic acid groups (broad SMARTS) is 1. The average molecular weight is 345 g/mol. The van der Waals surface area contributed by atoms with Crippen molar-refractivity contribution in [3.63, 3.8) is 0 Å². The highest BCUT2D eigenvalue weighted by molar-refractivity contribution is 5.68. The Balaban J connectivity index is 2.24. The summed E-state index contributed by atoms with van der Waals surface area (Å²) in [4.78, 5) is 21.3. The lowest BCUT2D eigenvalue weighted by molar-refractivity contribution is -0.483. The molecule has 0 radical (unpaired) electrons. The van der Waals surface area contributed by atoms with Crippen molar-refractivity contribution in [2.45, 2.75) is 18.9 Å². The van der Waals surface area contributed by atoms with E-state index in [1.165, 1.54) is 7.11 Å². The van der Waals surface area contributed by atoms with Crippen LogP contribution in [-0.4, -0.2) is 29.7 Å². The minimum absolute atomic E-state index is 0.305. The summed E-state index contributed by atoms with van der Waals surface area (Å²) in [5.41, 5.74) is 1.49. The Kier molecular flexibility index (Phi) is 6.33. The van der Waals surface area contributed by atoms with Gasteiger partial charge in [0, 0.05) is 4.92 Å². The molecule has 2 aromatic rings. The highest BCUT2D eigenvalue weighted by atomic mass is 16.6. The molecule has 1 atom stereocenters. The molecule has 0 aliphatic rings. The molecule has 0 heterocycles. The van der Waals surface area contributed by atoms with Gasteiger partial charge in [-0.25, -0.2) is 0 Å². The Morgan fingerprint density at radius 3 is 2.52 bits per heavy atom. The Morgan fingerprint density at radius 2 is 1.92 bits per heavy atom. The third kappa shape index (κ3) is 5.49. The number of aliphatic carboxylic acids is 1. The molecule has 0 saturated carbocycles. The summed E-state index contributed by atoms with van der Waals surface area (Å²) >= 11 is 0. The van der Waals surface area contributed by atoms with Crippen molar-refractivity contribution < 1.29 is 24.3 Å². The van der Waals surface area contributed by atoms with E-state index in [-0.39, 0.29) is 6.42 Å². The van der Waals surface area contributed by atoms with Crippen LogP contribution < -0.4 is 9.47 Å². The van der Waals surface area contributed by atoms with Crippen LogP contribution >= 0.6 is 0 Å². The molecule has 7 heteroatoms. The van der Waals surface area contributed by atoms with Crippen LogP contribution in [0.1, 0.15) is 23.5 Å². The van der Waals surface area contributed by atoms with Crippen LogP contribution in [0.4, 0.5) is 0 Å². The van der Waals surface area contributed by atoms with Gasteiger partial charge in [0.1, 0.15) is 6.61 Å². The summed E-state index contributed by atoms with van der Waals surface area (Å²) in [6.45, 7) is -0.157. The van der Waals surface area contributed by atoms with Crippen LogP contribution in [0.3, 0.4) is 0 Å². The minimum Gasteiger partial charge on any atom is -0.493 e. The SMILES string of the molecule is COc1ccc(C(CC(=O)O)C[N+](=O)[O-])cc1OCc1ccccc1. The van der Waals surface area contributed by atoms with Crippen molar-refractivity contribution in [2.24, 2.45) is 0 Å². The number of hydrogen-bond acceptors (Lipinski definition) is 5. The lowest BCUT2D eigenvalue weighted by Gasteiger charge is -2.15. The van der Waals surface area contributed by atoms with Crippen LogP contribution in [0.25, 0.3) is 0 Å². The van der Waals surface area contributed by atoms with E-state index in [0.29, 0.717) is 23.7 Å². The monoisotopic (exact) mass is 345 g/mol. The zero-order chi connectivity index (χ0) is 18.2. The maximum atomic E-state index is 11.0. The van der Waals surface area contributed by atoms with E-state index in [1.54, 1.807) is 18.2 Å². The topological polar surface area (TPSA) is 98.9 Å². The fourth-order valence-corrected chi connectivity index (χ4v) is 2.47. The molecule has 132 valence electrons. The molecule has 0 aliphatic heterocycles. The number of ether oxygens (including phenoxy) is 2. The van der Waals surface area contributed by atoms with Gasteiger partial charge in [-0.05, 0) is 23.3 Å². The highest BCUT2D eigenvalue weighted by Crippen LogP contribution is 2.32. The van der Waals surface area contributed by atoms with E-state index < -0.39 is 23.4 Å². The zero-order valence-corrected chi connectivity index (χ0v) is 13.8. The summed E-state index contributed by atoms with van der Waals surface area (Å²) in [6, 6.07) is 14.4. The Hall–Kier alpha value is -3.09. The first kappa shape index (κ1) is 18.3. The van der Waals surface area contributed by atoms with Gasteiger partial charge < -0.3 is 14.6 Å². The van der Waals surface area contributed by atoms with Gasteiger partial charge >= 0.3 is 5.97 Å². The van der Waals surface area contributed by atoms with E-state index in [9.17, 15) is 14.9 Å². The van der Waals surface area contributed by atoms with Crippen LogP contribution in [0.5, 0.6) is 11.5 Å². The lowest BCUT2D eigenvalue weighted by atomic mass is 9.95. The van der Waals surface area contributed by atoms with Crippen molar-refractivity contribution in [3.8, 4) is 11.5 Å². The Labute approximate surface area is 145 Å². The maximum absolute atomic E-state index is 11.0. The molecule has 0 bridgehead atoms. The molecule has 1 unspecified atom stereocenters. The van der Waals surface area contributed by atoms with Crippen LogP contribution in [0, 0.1) is 10.1 Å². The number of hydrogen-bond donors (Lipinski definition) is 1. The molecule has 0 spiro atoms. The predicted octanol–water partition coefficient (Wildman–Crippen LogP) is 3.11. The third-order valence-corrected chi connectivity index (χ3v) is 3.69. The number of nitro groups is 1. The molecule has 0 amide bonds. The molecule has 2 aromatic carbocycles. The molecular weight excluding hydrogens is 326 g/mol. The van der Waals surface area contributed by atoms with Crippen LogP contribution in [0.2, 0.25) is 0 Å². The first-order valence-electron chi connectivity index (χ1n) is 7.68. The summed E-state index contributed by atoms with van der Waals surface area (Å²) in [7, 11) is 1.50. The van der Waals surface area contributed by atoms with Crippen LogP contribution in [0.15, 0.2) is 48.5 Å². The molecule has 7 nitrogen and oxygen atoms in total. The van der Waals surface area contributed by atoms with Gasteiger partial charge in [-0.3, -0.25) is 14.9 Å². The van der Waals surface area contributed by atoms with Gasteiger partial charge in [-0.1, -0.05) is 36.4 Å². The standard InChI is InChI=1S/C18H19NO6/c1-24-16-8-7-14(15(10-18(20)21)11-19(22)23)9-17(16)25-12-13-5-3-2-4-6-13/h2-9,15H,10-12H2,1H3,(H,20,21). The van der Waals surface area contributed by atoms with Crippen molar-refractivity contribution in [3.05, 3.63) is 69.8 Å². The number of nitrogens with zero attached hydrogens (tertiary/aromatic N) is 1. The number of rotatable bonds is 9. The molecule has 0 aromatic heterocycles. The van der Waals surface area contributed by atoms with Gasteiger partial charge in [0.15, 0.2) is 11.5 Å². The molecule has 0 aliphatic carbocycles. The first-order valence-corrected chi connectivity index (χ1v) is 7.68. The second-order valence-electron chi connectivity index (χ2n) is 5.49. The van der Waals surface area contributed by atoms with E-state index in [0.717, 1.165) is 5.56 Å². The van der Waals surface area contributed by atoms with Crippen molar-refractivity contribution in [1.29, 1.82) is 0 Å². The fourth-order valence-electron chi connectivity index (χ4n) is 2.47.